The van der Waals surface area contributed by atoms with Crippen LogP contribution in [0.25, 0.3) is 0 Å². The van der Waals surface area contributed by atoms with Gasteiger partial charge in [0.1, 0.15) is 18.1 Å². The Morgan fingerprint density at radius 1 is 1.07 bits per heavy atom. The molecule has 0 aliphatic carbocycles. The number of hydrogen-bond donors (Lipinski definition) is 1. The van der Waals surface area contributed by atoms with Crippen LogP contribution in [0.3, 0.4) is 0 Å². The van der Waals surface area contributed by atoms with E-state index in [2.05, 4.69) is 5.32 Å². The van der Waals surface area contributed by atoms with Crippen LogP contribution < -0.4 is 10.1 Å². The molecule has 1 aromatic heterocycles. The van der Waals surface area contributed by atoms with Crippen molar-refractivity contribution in [2.24, 2.45) is 0 Å². The smallest absolute Gasteiger partial charge is 0.416 e. The van der Waals surface area contributed by atoms with Crippen LogP contribution >= 0.6 is 11.6 Å². The minimum atomic E-state index is -4.51. The fraction of sp³-hybridized carbons (Fsp3) is 0.105. The summed E-state index contributed by atoms with van der Waals surface area (Å²) in [4.78, 5) is 12.2. The molecule has 27 heavy (non-hydrogen) atoms. The number of carbonyl (C=O) groups excluding carboxylic acids is 1. The van der Waals surface area contributed by atoms with Gasteiger partial charge in [-0.05, 0) is 42.5 Å². The molecule has 2 aromatic carbocycles. The normalized spacial score (nSPS) is 11.3. The lowest BCUT2D eigenvalue weighted by molar-refractivity contribution is -0.137. The highest BCUT2D eigenvalue weighted by Crippen LogP contribution is 2.33. The molecule has 0 bridgehead atoms. The van der Waals surface area contributed by atoms with Gasteiger partial charge in [0.2, 0.25) is 0 Å². The third kappa shape index (κ3) is 4.83. The molecule has 0 spiro atoms. The molecule has 3 rings (SSSR count). The van der Waals surface area contributed by atoms with Crippen molar-refractivity contribution in [3.63, 3.8) is 0 Å². The minimum absolute atomic E-state index is 0.0161. The molecule has 0 saturated carbocycles. The summed E-state index contributed by atoms with van der Waals surface area (Å²) >= 11 is 5.82. The molecule has 8 heteroatoms. The van der Waals surface area contributed by atoms with Crippen molar-refractivity contribution in [1.82, 2.24) is 0 Å². The molecular weight excluding hydrogens is 383 g/mol. The van der Waals surface area contributed by atoms with Gasteiger partial charge in [0, 0.05) is 0 Å². The Hall–Kier alpha value is -2.93. The van der Waals surface area contributed by atoms with Gasteiger partial charge in [-0.2, -0.15) is 13.2 Å². The van der Waals surface area contributed by atoms with Crippen LogP contribution in [-0.2, 0) is 12.8 Å². The highest BCUT2D eigenvalue weighted by atomic mass is 35.5. The summed E-state index contributed by atoms with van der Waals surface area (Å²) in [5.74, 6) is 0.416. The van der Waals surface area contributed by atoms with E-state index in [0.717, 1.165) is 18.2 Å². The third-order valence-corrected chi connectivity index (χ3v) is 3.87. The van der Waals surface area contributed by atoms with E-state index in [1.54, 1.807) is 18.2 Å². The van der Waals surface area contributed by atoms with E-state index in [1.165, 1.54) is 6.07 Å². The van der Waals surface area contributed by atoms with Crippen molar-refractivity contribution in [1.29, 1.82) is 0 Å². The molecule has 0 aliphatic heterocycles. The lowest BCUT2D eigenvalue weighted by Gasteiger charge is -2.10. The number of alkyl halides is 3. The van der Waals surface area contributed by atoms with Crippen molar-refractivity contribution in [2.45, 2.75) is 12.8 Å². The van der Waals surface area contributed by atoms with E-state index < -0.39 is 17.6 Å². The first-order valence-corrected chi connectivity index (χ1v) is 8.15. The predicted octanol–water partition coefficient (Wildman–Crippen LogP) is 5.78. The van der Waals surface area contributed by atoms with Crippen molar-refractivity contribution < 1.29 is 27.1 Å². The van der Waals surface area contributed by atoms with E-state index >= 15 is 0 Å². The van der Waals surface area contributed by atoms with Gasteiger partial charge in [-0.1, -0.05) is 29.8 Å². The Morgan fingerprint density at radius 2 is 1.81 bits per heavy atom. The largest absolute Gasteiger partial charge is 0.486 e. The van der Waals surface area contributed by atoms with Crippen LogP contribution in [0.2, 0.25) is 5.02 Å². The number of benzene rings is 2. The average Bonchev–Trinajstić information content (AvgIpc) is 3.11. The number of nitrogens with one attached hydrogen (secondary N) is 1. The number of halogens is 4. The van der Waals surface area contributed by atoms with Crippen molar-refractivity contribution in [2.75, 3.05) is 5.32 Å². The second kappa shape index (κ2) is 7.75. The second-order valence-corrected chi connectivity index (χ2v) is 5.92. The van der Waals surface area contributed by atoms with Gasteiger partial charge in [0.05, 0.1) is 16.3 Å². The van der Waals surface area contributed by atoms with Crippen LogP contribution in [0.5, 0.6) is 5.75 Å². The zero-order valence-corrected chi connectivity index (χ0v) is 14.5. The maximum atomic E-state index is 12.7. The van der Waals surface area contributed by atoms with Gasteiger partial charge in [-0.15, -0.1) is 0 Å². The van der Waals surface area contributed by atoms with Crippen LogP contribution in [-0.4, -0.2) is 5.91 Å². The summed E-state index contributed by atoms with van der Waals surface area (Å²) in [6, 6.07) is 14.8. The molecule has 0 unspecified atom stereocenters. The number of para-hydroxylation sites is 1. The van der Waals surface area contributed by atoms with Crippen LogP contribution in [0.1, 0.15) is 21.9 Å². The number of rotatable bonds is 5. The molecule has 1 N–H and O–H groups in total. The predicted molar refractivity (Wildman–Crippen MR) is 93.9 cm³/mol. The maximum Gasteiger partial charge on any atom is 0.416 e. The molecule has 4 nitrogen and oxygen atoms in total. The Bertz CT molecular complexity index is 939. The molecule has 1 heterocycles. The lowest BCUT2D eigenvalue weighted by Crippen LogP contribution is -2.12. The fourth-order valence-electron chi connectivity index (χ4n) is 2.23. The van der Waals surface area contributed by atoms with Gasteiger partial charge in [-0.3, -0.25) is 4.79 Å². The first-order valence-electron chi connectivity index (χ1n) is 7.77. The van der Waals surface area contributed by atoms with Gasteiger partial charge >= 0.3 is 6.18 Å². The summed E-state index contributed by atoms with van der Waals surface area (Å²) in [7, 11) is 0. The van der Waals surface area contributed by atoms with Crippen LogP contribution in [0.4, 0.5) is 18.9 Å². The van der Waals surface area contributed by atoms with Crippen molar-refractivity contribution in [3.05, 3.63) is 82.8 Å². The molecule has 1 amide bonds. The average molecular weight is 396 g/mol. The second-order valence-electron chi connectivity index (χ2n) is 5.51. The van der Waals surface area contributed by atoms with E-state index in [9.17, 15) is 18.0 Å². The molecule has 0 radical (unpaired) electrons. The molecular formula is C19H13ClF3NO3. The Balaban J connectivity index is 1.64. The SMILES string of the molecule is O=C(Nc1ccc(C(F)(F)F)cc1Cl)c1ccc(COc2ccccc2)o1. The molecule has 140 valence electrons. The van der Waals surface area contributed by atoms with Gasteiger partial charge in [0.25, 0.3) is 5.91 Å². The van der Waals surface area contributed by atoms with Crippen LogP contribution in [0.15, 0.2) is 65.1 Å². The highest BCUT2D eigenvalue weighted by Gasteiger charge is 2.31. The molecule has 0 aliphatic rings. The zero-order valence-electron chi connectivity index (χ0n) is 13.7. The molecule has 3 aromatic rings. The van der Waals surface area contributed by atoms with Gasteiger partial charge in [-0.25, -0.2) is 0 Å². The lowest BCUT2D eigenvalue weighted by atomic mass is 10.2. The monoisotopic (exact) mass is 395 g/mol. The number of carbonyl (C=O) groups is 1. The summed E-state index contributed by atoms with van der Waals surface area (Å²) in [5.41, 5.74) is -0.850. The van der Waals surface area contributed by atoms with Crippen LogP contribution in [0, 0.1) is 0 Å². The molecule has 0 atom stereocenters. The summed E-state index contributed by atoms with van der Waals surface area (Å²) < 4.78 is 48.9. The highest BCUT2D eigenvalue weighted by molar-refractivity contribution is 6.34. The first-order chi connectivity index (χ1) is 12.8. The Labute approximate surface area is 157 Å². The summed E-state index contributed by atoms with van der Waals surface area (Å²) in [5, 5.41) is 2.19. The topological polar surface area (TPSA) is 51.5 Å². The van der Waals surface area contributed by atoms with Gasteiger partial charge in [0.15, 0.2) is 5.76 Å². The van der Waals surface area contributed by atoms with E-state index in [0.29, 0.717) is 11.5 Å². The fourth-order valence-corrected chi connectivity index (χ4v) is 2.45. The number of furan rings is 1. The van der Waals surface area contributed by atoms with Crippen molar-refractivity contribution in [3.8, 4) is 5.75 Å². The van der Waals surface area contributed by atoms with E-state index in [-0.39, 0.29) is 23.1 Å². The minimum Gasteiger partial charge on any atom is -0.486 e. The molecule has 0 fully saturated rings. The first kappa shape index (κ1) is 18.8. The summed E-state index contributed by atoms with van der Waals surface area (Å²) in [6.45, 7) is 0.123. The maximum absolute atomic E-state index is 12.7. The third-order valence-electron chi connectivity index (χ3n) is 3.55. The number of amides is 1. The van der Waals surface area contributed by atoms with E-state index in [1.807, 2.05) is 18.2 Å². The zero-order chi connectivity index (χ0) is 19.4. The number of hydrogen-bond acceptors (Lipinski definition) is 3. The number of ether oxygens (including phenoxy) is 1. The Morgan fingerprint density at radius 3 is 2.48 bits per heavy atom. The molecule has 0 saturated heterocycles. The van der Waals surface area contributed by atoms with Gasteiger partial charge < -0.3 is 14.5 Å². The Kier molecular flexibility index (Phi) is 5.41. The quantitative estimate of drug-likeness (QED) is 0.595. The number of anilines is 1. The van der Waals surface area contributed by atoms with E-state index in [4.69, 9.17) is 20.8 Å². The summed E-state index contributed by atoms with van der Waals surface area (Å²) in [6.07, 6.45) is -4.51. The standard InChI is InChI=1S/C19H13ClF3NO3/c20-15-10-12(19(21,22)23)6-8-16(15)24-18(25)17-9-7-14(27-17)11-26-13-4-2-1-3-5-13/h1-10H,11H2,(H,24,25). The van der Waals surface area contributed by atoms with Crippen molar-refractivity contribution >= 4 is 23.2 Å².